The Bertz CT molecular complexity index is 646. The van der Waals surface area contributed by atoms with Crippen molar-refractivity contribution >= 4 is 23.4 Å². The molecule has 20 heavy (non-hydrogen) atoms. The molecule has 0 aliphatic heterocycles. The van der Waals surface area contributed by atoms with Crippen molar-refractivity contribution < 1.29 is 4.79 Å². The zero-order valence-corrected chi connectivity index (χ0v) is 11.7. The molecule has 1 aromatic heterocycles. The molecule has 0 unspecified atom stereocenters. The normalized spacial score (nSPS) is 10.0. The number of carbonyl (C=O) groups excluding carboxylic acids is 1. The summed E-state index contributed by atoms with van der Waals surface area (Å²) in [6.07, 6.45) is 1.64. The maximum Gasteiger partial charge on any atom is 0.234 e. The van der Waals surface area contributed by atoms with Crippen LogP contribution in [0.3, 0.4) is 0 Å². The van der Waals surface area contributed by atoms with Gasteiger partial charge >= 0.3 is 0 Å². The molecule has 0 fully saturated rings. The molecule has 0 saturated heterocycles. The van der Waals surface area contributed by atoms with Crippen LogP contribution in [0.15, 0.2) is 35.7 Å². The maximum atomic E-state index is 11.8. The van der Waals surface area contributed by atoms with Gasteiger partial charge in [0.2, 0.25) is 5.91 Å². The zero-order chi connectivity index (χ0) is 14.4. The van der Waals surface area contributed by atoms with Crippen LogP contribution in [0.1, 0.15) is 12.5 Å². The quantitative estimate of drug-likeness (QED) is 0.849. The third-order valence-corrected chi connectivity index (χ3v) is 3.51. The van der Waals surface area contributed by atoms with Gasteiger partial charge in [-0.15, -0.1) is 10.2 Å². The number of nitriles is 1. The zero-order valence-electron chi connectivity index (χ0n) is 10.9. The second-order valence-electron chi connectivity index (χ2n) is 3.93. The number of aromatic nitrogens is 3. The van der Waals surface area contributed by atoms with Gasteiger partial charge in [-0.05, 0) is 25.1 Å². The average molecular weight is 287 g/mol. The van der Waals surface area contributed by atoms with Gasteiger partial charge in [0.05, 0.1) is 17.4 Å². The molecule has 0 saturated carbocycles. The van der Waals surface area contributed by atoms with Gasteiger partial charge < -0.3 is 9.88 Å². The molecule has 1 aromatic carbocycles. The van der Waals surface area contributed by atoms with E-state index >= 15 is 0 Å². The minimum atomic E-state index is -0.143. The molecule has 2 rings (SSSR count). The molecule has 1 heterocycles. The molecule has 1 amide bonds. The van der Waals surface area contributed by atoms with Crippen LogP contribution < -0.4 is 5.32 Å². The molecule has 0 aliphatic rings. The van der Waals surface area contributed by atoms with Crippen LogP contribution in [-0.2, 0) is 11.3 Å². The number of carbonyl (C=O) groups is 1. The lowest BCUT2D eigenvalue weighted by Crippen LogP contribution is -2.14. The van der Waals surface area contributed by atoms with Crippen LogP contribution in [0.4, 0.5) is 5.69 Å². The lowest BCUT2D eigenvalue weighted by Gasteiger charge is -2.05. The van der Waals surface area contributed by atoms with Gasteiger partial charge in [-0.25, -0.2) is 0 Å². The van der Waals surface area contributed by atoms with E-state index in [1.165, 1.54) is 11.8 Å². The van der Waals surface area contributed by atoms with Crippen molar-refractivity contribution in [2.24, 2.45) is 0 Å². The smallest absolute Gasteiger partial charge is 0.234 e. The topological polar surface area (TPSA) is 83.6 Å². The first-order chi connectivity index (χ1) is 9.72. The first-order valence-corrected chi connectivity index (χ1v) is 7.02. The van der Waals surface area contributed by atoms with Crippen LogP contribution in [0, 0.1) is 11.3 Å². The van der Waals surface area contributed by atoms with Crippen molar-refractivity contribution in [1.82, 2.24) is 14.8 Å². The molecule has 0 bridgehead atoms. The molecule has 2 aromatic rings. The molecular weight excluding hydrogens is 274 g/mol. The third kappa shape index (κ3) is 3.59. The first-order valence-electron chi connectivity index (χ1n) is 6.03. The summed E-state index contributed by atoms with van der Waals surface area (Å²) < 4.78 is 1.87. The summed E-state index contributed by atoms with van der Waals surface area (Å²) in [6.45, 7) is 2.75. The Labute approximate surface area is 120 Å². The molecule has 1 N–H and O–H groups in total. The third-order valence-electron chi connectivity index (χ3n) is 2.53. The highest BCUT2D eigenvalue weighted by atomic mass is 32.2. The monoisotopic (exact) mass is 287 g/mol. The van der Waals surface area contributed by atoms with Crippen molar-refractivity contribution in [2.75, 3.05) is 11.1 Å². The number of nitrogens with zero attached hydrogens (tertiary/aromatic N) is 4. The predicted molar refractivity (Wildman–Crippen MR) is 76.2 cm³/mol. The number of rotatable bonds is 5. The first kappa shape index (κ1) is 14.1. The van der Waals surface area contributed by atoms with Crippen molar-refractivity contribution in [3.63, 3.8) is 0 Å². The summed E-state index contributed by atoms with van der Waals surface area (Å²) in [6, 6.07) is 8.84. The molecule has 0 radical (unpaired) electrons. The van der Waals surface area contributed by atoms with Gasteiger partial charge in [0.1, 0.15) is 6.33 Å². The highest BCUT2D eigenvalue weighted by Crippen LogP contribution is 2.15. The van der Waals surface area contributed by atoms with Crippen LogP contribution in [0.2, 0.25) is 0 Å². The van der Waals surface area contributed by atoms with Gasteiger partial charge in [0, 0.05) is 12.2 Å². The van der Waals surface area contributed by atoms with E-state index in [1.807, 2.05) is 17.6 Å². The van der Waals surface area contributed by atoms with E-state index < -0.39 is 0 Å². The van der Waals surface area contributed by atoms with E-state index in [-0.39, 0.29) is 11.7 Å². The highest BCUT2D eigenvalue weighted by Gasteiger charge is 2.08. The Morgan fingerprint density at radius 3 is 3.15 bits per heavy atom. The molecule has 7 heteroatoms. The van der Waals surface area contributed by atoms with E-state index in [9.17, 15) is 4.79 Å². The van der Waals surface area contributed by atoms with Gasteiger partial charge in [-0.2, -0.15) is 5.26 Å². The van der Waals surface area contributed by atoms with E-state index in [1.54, 1.807) is 30.6 Å². The predicted octanol–water partition coefficient (Wildman–Crippen LogP) is 1.90. The number of hydrogen-bond donors (Lipinski definition) is 1. The number of benzene rings is 1. The Balaban J connectivity index is 1.91. The van der Waals surface area contributed by atoms with Gasteiger partial charge in [-0.1, -0.05) is 17.8 Å². The molecule has 0 spiro atoms. The average Bonchev–Trinajstić information content (AvgIpc) is 2.93. The number of thioether (sulfide) groups is 1. The summed E-state index contributed by atoms with van der Waals surface area (Å²) >= 11 is 1.33. The van der Waals surface area contributed by atoms with E-state index in [0.717, 1.165) is 6.54 Å². The summed E-state index contributed by atoms with van der Waals surface area (Å²) in [4.78, 5) is 11.8. The molecular formula is C13H13N5OS. The Morgan fingerprint density at radius 1 is 1.55 bits per heavy atom. The molecule has 0 atom stereocenters. The largest absolute Gasteiger partial charge is 0.325 e. The van der Waals surface area contributed by atoms with Crippen LogP contribution in [0.5, 0.6) is 0 Å². The fraction of sp³-hybridized carbons (Fsp3) is 0.231. The minimum absolute atomic E-state index is 0.143. The SMILES string of the molecule is CCn1cnnc1SCC(=O)Nc1cccc(C#N)c1. The minimum Gasteiger partial charge on any atom is -0.325 e. The van der Waals surface area contributed by atoms with Crippen LogP contribution in [0.25, 0.3) is 0 Å². The van der Waals surface area contributed by atoms with E-state index in [4.69, 9.17) is 5.26 Å². The lowest BCUT2D eigenvalue weighted by molar-refractivity contribution is -0.113. The second-order valence-corrected chi connectivity index (χ2v) is 4.87. The van der Waals surface area contributed by atoms with Crippen molar-refractivity contribution in [3.05, 3.63) is 36.2 Å². The summed E-state index contributed by atoms with van der Waals surface area (Å²) in [5.41, 5.74) is 1.13. The Kier molecular flexibility index (Phi) is 4.74. The summed E-state index contributed by atoms with van der Waals surface area (Å²) in [5.74, 6) is 0.103. The highest BCUT2D eigenvalue weighted by molar-refractivity contribution is 7.99. The number of hydrogen-bond acceptors (Lipinski definition) is 5. The number of nitrogens with one attached hydrogen (secondary N) is 1. The van der Waals surface area contributed by atoms with Crippen LogP contribution in [-0.4, -0.2) is 26.4 Å². The van der Waals surface area contributed by atoms with Crippen molar-refractivity contribution in [1.29, 1.82) is 5.26 Å². The summed E-state index contributed by atoms with van der Waals surface area (Å²) in [5, 5.41) is 20.0. The number of anilines is 1. The van der Waals surface area contributed by atoms with Gasteiger partial charge in [0.15, 0.2) is 5.16 Å². The van der Waals surface area contributed by atoms with E-state index in [2.05, 4.69) is 15.5 Å². The van der Waals surface area contributed by atoms with Gasteiger partial charge in [0.25, 0.3) is 0 Å². The van der Waals surface area contributed by atoms with Gasteiger partial charge in [-0.3, -0.25) is 4.79 Å². The van der Waals surface area contributed by atoms with E-state index in [0.29, 0.717) is 16.4 Å². The molecule has 0 aliphatic carbocycles. The van der Waals surface area contributed by atoms with Crippen LogP contribution >= 0.6 is 11.8 Å². The fourth-order valence-electron chi connectivity index (χ4n) is 1.57. The Hall–Kier alpha value is -2.33. The maximum absolute atomic E-state index is 11.8. The number of amides is 1. The van der Waals surface area contributed by atoms with Crippen molar-refractivity contribution in [3.8, 4) is 6.07 Å². The fourth-order valence-corrected chi connectivity index (χ4v) is 2.35. The molecule has 102 valence electrons. The standard InChI is InChI=1S/C13H13N5OS/c1-2-18-9-15-17-13(18)20-8-12(19)16-11-5-3-4-10(6-11)7-14/h3-6,9H,2,8H2,1H3,(H,16,19). The van der Waals surface area contributed by atoms with Crippen molar-refractivity contribution in [2.45, 2.75) is 18.6 Å². The second kappa shape index (κ2) is 6.73. The lowest BCUT2D eigenvalue weighted by atomic mass is 10.2. The Morgan fingerprint density at radius 2 is 2.40 bits per heavy atom. The molecule has 6 nitrogen and oxygen atoms in total. The summed E-state index contributed by atoms with van der Waals surface area (Å²) in [7, 11) is 0. The number of aryl methyl sites for hydroxylation is 1.